The molecule has 12 heteroatoms. The number of anilines is 2. The summed E-state index contributed by atoms with van der Waals surface area (Å²) in [7, 11) is 0. The van der Waals surface area contributed by atoms with Crippen LogP contribution in [0.2, 0.25) is 0 Å². The van der Waals surface area contributed by atoms with Crippen LogP contribution < -0.4 is 19.7 Å². The number of fused-ring (bicyclic) bond motifs is 1. The smallest absolute Gasteiger partial charge is 0.251 e. The molecule has 3 heterocycles. The molecule has 2 amide bonds. The largest absolute Gasteiger partial charge is 0.454 e. The van der Waals surface area contributed by atoms with Gasteiger partial charge in [0.1, 0.15) is 11.9 Å². The van der Waals surface area contributed by atoms with Crippen LogP contribution in [-0.2, 0) is 20.9 Å². The Morgan fingerprint density at radius 2 is 1.63 bits per heavy atom. The van der Waals surface area contributed by atoms with Crippen LogP contribution >= 0.6 is 11.8 Å². The topological polar surface area (TPSA) is 106 Å². The number of hydrogen-bond acceptors (Lipinski definition) is 9. The average molecular weight is 644 g/mol. The predicted molar refractivity (Wildman–Crippen MR) is 173 cm³/mol. The maximum Gasteiger partial charge on any atom is 0.251 e. The van der Waals surface area contributed by atoms with Crippen molar-refractivity contribution in [2.45, 2.75) is 31.6 Å². The number of nitrogens with zero attached hydrogens (tertiary/aromatic N) is 4. The lowest BCUT2D eigenvalue weighted by Crippen LogP contribution is -2.41. The van der Waals surface area contributed by atoms with Crippen molar-refractivity contribution < 1.29 is 28.2 Å². The molecule has 0 aliphatic carbocycles. The van der Waals surface area contributed by atoms with Crippen LogP contribution in [0.4, 0.5) is 15.8 Å². The van der Waals surface area contributed by atoms with Crippen molar-refractivity contribution in [1.29, 1.82) is 0 Å². The Morgan fingerprint density at radius 1 is 0.935 bits per heavy atom. The van der Waals surface area contributed by atoms with Gasteiger partial charge in [-0.25, -0.2) is 14.4 Å². The number of carbonyl (C=O) groups is 2. The quantitative estimate of drug-likeness (QED) is 0.182. The van der Waals surface area contributed by atoms with Gasteiger partial charge in [-0.05, 0) is 79.6 Å². The van der Waals surface area contributed by atoms with E-state index in [2.05, 4.69) is 20.2 Å². The first-order chi connectivity index (χ1) is 22.3. The second-order valence-corrected chi connectivity index (χ2v) is 12.0. The zero-order valence-corrected chi connectivity index (χ0v) is 26.4. The SMILES string of the molecule is Cc1cc(C)nc(SCC(=O)N(Cc2ccc(F)cc2)C(C(=O)Nc2ccc(N3CCOCC3)cc2)c2ccc3c(c2)OCO3)n1. The summed E-state index contributed by atoms with van der Waals surface area (Å²) < 4.78 is 30.4. The maximum absolute atomic E-state index is 14.3. The van der Waals surface area contributed by atoms with Crippen molar-refractivity contribution in [3.05, 3.63) is 101 Å². The van der Waals surface area contributed by atoms with Crippen molar-refractivity contribution in [3.8, 4) is 11.5 Å². The lowest BCUT2D eigenvalue weighted by atomic mass is 10.0. The molecule has 1 unspecified atom stereocenters. The Hall–Kier alpha value is -4.68. The van der Waals surface area contributed by atoms with Gasteiger partial charge < -0.3 is 29.3 Å². The molecule has 0 saturated carbocycles. The summed E-state index contributed by atoms with van der Waals surface area (Å²) in [6.07, 6.45) is 0. The number of nitrogens with one attached hydrogen (secondary N) is 1. The number of morpholine rings is 1. The van der Waals surface area contributed by atoms with Gasteiger partial charge in [0.2, 0.25) is 12.7 Å². The second kappa shape index (κ2) is 14.2. The number of thioether (sulfide) groups is 1. The van der Waals surface area contributed by atoms with Gasteiger partial charge >= 0.3 is 0 Å². The zero-order valence-electron chi connectivity index (χ0n) is 25.6. The van der Waals surface area contributed by atoms with Crippen LogP contribution in [0.3, 0.4) is 0 Å². The summed E-state index contributed by atoms with van der Waals surface area (Å²) >= 11 is 1.20. The van der Waals surface area contributed by atoms with E-state index in [0.717, 1.165) is 30.2 Å². The summed E-state index contributed by atoms with van der Waals surface area (Å²) in [6.45, 7) is 6.78. The minimum absolute atomic E-state index is 0.0212. The Balaban J connectivity index is 1.32. The molecule has 238 valence electrons. The molecule has 1 N–H and O–H groups in total. The first-order valence-corrected chi connectivity index (χ1v) is 15.9. The average Bonchev–Trinajstić information content (AvgIpc) is 3.53. The molecule has 0 spiro atoms. The van der Waals surface area contributed by atoms with E-state index < -0.39 is 17.8 Å². The van der Waals surface area contributed by atoms with Crippen LogP contribution in [-0.4, -0.2) is 65.5 Å². The third kappa shape index (κ3) is 7.57. The van der Waals surface area contributed by atoms with E-state index in [0.29, 0.717) is 46.7 Å². The molecular weight excluding hydrogens is 609 g/mol. The molecule has 1 atom stereocenters. The van der Waals surface area contributed by atoms with Gasteiger partial charge in [-0.15, -0.1) is 0 Å². The summed E-state index contributed by atoms with van der Waals surface area (Å²) in [5, 5.41) is 3.49. The van der Waals surface area contributed by atoms with Crippen molar-refractivity contribution in [2.24, 2.45) is 0 Å². The van der Waals surface area contributed by atoms with E-state index in [1.165, 1.54) is 28.8 Å². The number of halogens is 1. The van der Waals surface area contributed by atoms with E-state index in [9.17, 15) is 14.0 Å². The van der Waals surface area contributed by atoms with Crippen molar-refractivity contribution in [3.63, 3.8) is 0 Å². The number of amides is 2. The van der Waals surface area contributed by atoms with Gasteiger partial charge in [0.25, 0.3) is 5.91 Å². The monoisotopic (exact) mass is 643 g/mol. The van der Waals surface area contributed by atoms with E-state index in [1.807, 2.05) is 44.2 Å². The molecule has 10 nitrogen and oxygen atoms in total. The fourth-order valence-electron chi connectivity index (χ4n) is 5.42. The van der Waals surface area contributed by atoms with Gasteiger partial charge in [0.15, 0.2) is 16.7 Å². The normalized spacial score (nSPS) is 14.5. The molecule has 3 aromatic carbocycles. The van der Waals surface area contributed by atoms with Crippen LogP contribution in [0.1, 0.15) is 28.6 Å². The lowest BCUT2D eigenvalue weighted by molar-refractivity contribution is -0.137. The highest BCUT2D eigenvalue weighted by Crippen LogP contribution is 2.37. The summed E-state index contributed by atoms with van der Waals surface area (Å²) in [5.41, 5.74) is 4.41. The Kier molecular flexibility index (Phi) is 9.65. The molecule has 1 aromatic heterocycles. The maximum atomic E-state index is 14.3. The Bertz CT molecular complexity index is 1680. The van der Waals surface area contributed by atoms with Crippen molar-refractivity contribution in [1.82, 2.24) is 14.9 Å². The molecule has 0 bridgehead atoms. The Labute approximate surface area is 270 Å². The molecule has 4 aromatic rings. The van der Waals surface area contributed by atoms with Gasteiger partial charge in [-0.2, -0.15) is 0 Å². The van der Waals surface area contributed by atoms with E-state index in [1.54, 1.807) is 30.3 Å². The van der Waals surface area contributed by atoms with Crippen LogP contribution in [0, 0.1) is 19.7 Å². The molecule has 2 aliphatic heterocycles. The number of ether oxygens (including phenoxy) is 3. The van der Waals surface area contributed by atoms with Crippen LogP contribution in [0.5, 0.6) is 11.5 Å². The van der Waals surface area contributed by atoms with Gasteiger partial charge in [-0.3, -0.25) is 9.59 Å². The molecule has 46 heavy (non-hydrogen) atoms. The number of hydrogen-bond donors (Lipinski definition) is 1. The third-order valence-corrected chi connectivity index (χ3v) is 8.49. The lowest BCUT2D eigenvalue weighted by Gasteiger charge is -2.32. The van der Waals surface area contributed by atoms with E-state index >= 15 is 0 Å². The highest BCUT2D eigenvalue weighted by atomic mass is 32.2. The minimum Gasteiger partial charge on any atom is -0.454 e. The fourth-order valence-corrected chi connectivity index (χ4v) is 6.26. The summed E-state index contributed by atoms with van der Waals surface area (Å²) in [5.74, 6) is -0.113. The number of rotatable bonds is 10. The molecule has 2 aliphatic rings. The van der Waals surface area contributed by atoms with Gasteiger partial charge in [0, 0.05) is 42.4 Å². The second-order valence-electron chi connectivity index (χ2n) is 11.0. The first-order valence-electron chi connectivity index (χ1n) is 14.9. The number of benzene rings is 3. The standard InChI is InChI=1S/C34H34FN5O5S/c1-22-17-23(2)37-34(36-22)46-20-31(41)40(19-24-3-6-26(35)7-4-24)32(25-5-12-29-30(18-25)45-21-44-29)33(42)38-27-8-10-28(11-9-27)39-13-15-43-16-14-39/h3-12,17-18,32H,13-16,19-21H2,1-2H3,(H,38,42). The van der Waals surface area contributed by atoms with E-state index in [4.69, 9.17) is 14.2 Å². The van der Waals surface area contributed by atoms with Gasteiger partial charge in [0.05, 0.1) is 19.0 Å². The molecule has 1 fully saturated rings. The zero-order chi connectivity index (χ0) is 32.0. The number of aromatic nitrogens is 2. The molecule has 6 rings (SSSR count). The van der Waals surface area contributed by atoms with Crippen molar-refractivity contribution in [2.75, 3.05) is 49.1 Å². The Morgan fingerprint density at radius 3 is 2.35 bits per heavy atom. The molecule has 0 radical (unpaired) electrons. The molecular formula is C34H34FN5O5S. The van der Waals surface area contributed by atoms with Gasteiger partial charge in [-0.1, -0.05) is 30.0 Å². The fraction of sp³-hybridized carbons (Fsp3) is 0.294. The van der Waals surface area contributed by atoms with Crippen LogP contribution in [0.25, 0.3) is 0 Å². The number of aryl methyl sites for hydroxylation is 2. The minimum atomic E-state index is -1.06. The third-order valence-electron chi connectivity index (χ3n) is 7.66. The highest BCUT2D eigenvalue weighted by molar-refractivity contribution is 7.99. The van der Waals surface area contributed by atoms with Crippen LogP contribution in [0.15, 0.2) is 78.0 Å². The summed E-state index contributed by atoms with van der Waals surface area (Å²) in [4.78, 5) is 41.0. The summed E-state index contributed by atoms with van der Waals surface area (Å²) in [6, 6.07) is 19.5. The predicted octanol–water partition coefficient (Wildman–Crippen LogP) is 5.30. The first kappa shape index (κ1) is 31.3. The molecule has 1 saturated heterocycles. The highest BCUT2D eigenvalue weighted by Gasteiger charge is 2.33. The van der Waals surface area contributed by atoms with Crippen molar-refractivity contribution >= 4 is 35.0 Å². The van der Waals surface area contributed by atoms with E-state index in [-0.39, 0.29) is 25.0 Å². The number of carbonyl (C=O) groups excluding carboxylic acids is 2.